The van der Waals surface area contributed by atoms with Crippen LogP contribution in [-0.4, -0.2) is 36.6 Å². The summed E-state index contributed by atoms with van der Waals surface area (Å²) in [6.45, 7) is 2.11. The number of hydrogen-bond donors (Lipinski definition) is 1. The zero-order valence-electron chi connectivity index (χ0n) is 15.9. The van der Waals surface area contributed by atoms with Gasteiger partial charge in [-0.3, -0.25) is 0 Å². The maximum Gasteiger partial charge on any atom is 0.163 e. The predicted octanol–water partition coefficient (Wildman–Crippen LogP) is 4.07. The van der Waals surface area contributed by atoms with Gasteiger partial charge in [0.1, 0.15) is 24.8 Å². The number of nitrogens with one attached hydrogen (secondary N) is 1. The summed E-state index contributed by atoms with van der Waals surface area (Å²) in [5.74, 6) is 3.48. The summed E-state index contributed by atoms with van der Waals surface area (Å²) in [7, 11) is 1.68. The minimum atomic E-state index is 0.572. The first-order chi connectivity index (χ1) is 13.8. The highest BCUT2D eigenvalue weighted by atomic mass is 16.6. The summed E-state index contributed by atoms with van der Waals surface area (Å²) in [5.41, 5.74) is 4.34. The Hall–Kier alpha value is -3.15. The van der Waals surface area contributed by atoms with Crippen molar-refractivity contribution in [3.63, 3.8) is 0 Å². The van der Waals surface area contributed by atoms with Gasteiger partial charge in [0.25, 0.3) is 0 Å². The number of hydrogen-bond acceptors (Lipinski definition) is 5. The molecule has 0 spiro atoms. The van der Waals surface area contributed by atoms with Gasteiger partial charge < -0.3 is 19.5 Å². The highest BCUT2D eigenvalue weighted by molar-refractivity contribution is 5.72. The molecule has 6 nitrogen and oxygen atoms in total. The van der Waals surface area contributed by atoms with Crippen LogP contribution < -0.4 is 19.5 Å². The van der Waals surface area contributed by atoms with Crippen LogP contribution in [0.2, 0.25) is 0 Å². The SMILES string of the molecule is COc1ccc(-c2nn(-c3ccc4c(c3)OCCO4)c3c2CCCCN3)cc1. The fourth-order valence-electron chi connectivity index (χ4n) is 3.83. The second-order valence-electron chi connectivity index (χ2n) is 7.03. The van der Waals surface area contributed by atoms with E-state index in [1.54, 1.807) is 7.11 Å². The summed E-state index contributed by atoms with van der Waals surface area (Å²) in [4.78, 5) is 0. The first-order valence-electron chi connectivity index (χ1n) is 9.74. The number of rotatable bonds is 3. The van der Waals surface area contributed by atoms with Gasteiger partial charge in [-0.05, 0) is 55.7 Å². The van der Waals surface area contributed by atoms with Crippen LogP contribution in [0.15, 0.2) is 42.5 Å². The first-order valence-corrected chi connectivity index (χ1v) is 9.74. The normalized spacial score (nSPS) is 15.3. The van der Waals surface area contributed by atoms with E-state index in [4.69, 9.17) is 19.3 Å². The lowest BCUT2D eigenvalue weighted by atomic mass is 10.0. The van der Waals surface area contributed by atoms with Crippen LogP contribution in [0, 0.1) is 0 Å². The second-order valence-corrected chi connectivity index (χ2v) is 7.03. The molecule has 144 valence electrons. The van der Waals surface area contributed by atoms with Crippen LogP contribution in [0.25, 0.3) is 16.9 Å². The average Bonchev–Trinajstić information content (AvgIpc) is 2.94. The molecule has 0 saturated heterocycles. The monoisotopic (exact) mass is 377 g/mol. The number of ether oxygens (including phenoxy) is 3. The van der Waals surface area contributed by atoms with Crippen molar-refractivity contribution in [2.24, 2.45) is 0 Å². The van der Waals surface area contributed by atoms with Crippen LogP contribution in [0.4, 0.5) is 5.82 Å². The molecule has 6 heteroatoms. The zero-order chi connectivity index (χ0) is 18.9. The van der Waals surface area contributed by atoms with Gasteiger partial charge in [-0.1, -0.05) is 0 Å². The Kier molecular flexibility index (Phi) is 4.31. The third-order valence-electron chi connectivity index (χ3n) is 5.26. The molecule has 28 heavy (non-hydrogen) atoms. The molecular formula is C22H23N3O3. The second kappa shape index (κ2) is 7.11. The van der Waals surface area contributed by atoms with Crippen LogP contribution in [0.3, 0.4) is 0 Å². The fraction of sp³-hybridized carbons (Fsp3) is 0.318. The molecule has 2 aromatic carbocycles. The van der Waals surface area contributed by atoms with Gasteiger partial charge in [-0.15, -0.1) is 0 Å². The molecule has 1 N–H and O–H groups in total. The van der Waals surface area contributed by atoms with E-state index in [-0.39, 0.29) is 0 Å². The van der Waals surface area contributed by atoms with Crippen molar-refractivity contribution in [3.8, 4) is 34.2 Å². The molecular weight excluding hydrogens is 354 g/mol. The third-order valence-corrected chi connectivity index (χ3v) is 5.26. The van der Waals surface area contributed by atoms with Crippen molar-refractivity contribution in [2.45, 2.75) is 19.3 Å². The van der Waals surface area contributed by atoms with E-state index in [0.717, 1.165) is 65.8 Å². The molecule has 2 aliphatic heterocycles. The molecule has 3 heterocycles. The van der Waals surface area contributed by atoms with E-state index in [0.29, 0.717) is 13.2 Å². The number of benzene rings is 2. The summed E-state index contributed by atoms with van der Waals surface area (Å²) < 4.78 is 18.7. The molecule has 0 unspecified atom stereocenters. The molecule has 0 fully saturated rings. The Labute approximate surface area is 164 Å². The Morgan fingerprint density at radius 3 is 2.64 bits per heavy atom. The minimum absolute atomic E-state index is 0.572. The van der Waals surface area contributed by atoms with Gasteiger partial charge in [-0.25, -0.2) is 4.68 Å². The standard InChI is InChI=1S/C22H23N3O3/c1-26-17-8-5-15(6-9-17)21-18-4-2-3-11-23-22(18)25(24-21)16-7-10-19-20(14-16)28-13-12-27-19/h5-10,14,23H,2-4,11-13H2,1H3. The van der Waals surface area contributed by atoms with Gasteiger partial charge in [0.2, 0.25) is 0 Å². The Bertz CT molecular complexity index is 995. The molecule has 0 radical (unpaired) electrons. The molecule has 3 aromatic rings. The number of anilines is 1. The van der Waals surface area contributed by atoms with E-state index < -0.39 is 0 Å². The number of fused-ring (bicyclic) bond motifs is 2. The van der Waals surface area contributed by atoms with Crippen LogP contribution in [-0.2, 0) is 6.42 Å². The molecule has 2 aliphatic rings. The lowest BCUT2D eigenvalue weighted by Gasteiger charge is -2.19. The van der Waals surface area contributed by atoms with E-state index in [1.165, 1.54) is 5.56 Å². The van der Waals surface area contributed by atoms with Gasteiger partial charge in [0, 0.05) is 23.7 Å². The molecule has 0 amide bonds. The molecule has 0 aliphatic carbocycles. The molecule has 0 saturated carbocycles. The van der Waals surface area contributed by atoms with E-state index in [9.17, 15) is 0 Å². The highest BCUT2D eigenvalue weighted by Crippen LogP contribution is 2.37. The first kappa shape index (κ1) is 17.0. The van der Waals surface area contributed by atoms with Crippen molar-refractivity contribution >= 4 is 5.82 Å². The van der Waals surface area contributed by atoms with Crippen molar-refractivity contribution in [2.75, 3.05) is 32.2 Å². The lowest BCUT2D eigenvalue weighted by Crippen LogP contribution is -2.15. The maximum atomic E-state index is 5.77. The fourth-order valence-corrected chi connectivity index (χ4v) is 3.83. The van der Waals surface area contributed by atoms with E-state index in [2.05, 4.69) is 17.4 Å². The quantitative estimate of drug-likeness (QED) is 0.746. The Balaban J connectivity index is 1.63. The molecule has 0 bridgehead atoms. The summed E-state index contributed by atoms with van der Waals surface area (Å²) in [6, 6.07) is 14.1. The third kappa shape index (κ3) is 2.95. The van der Waals surface area contributed by atoms with Crippen molar-refractivity contribution < 1.29 is 14.2 Å². The van der Waals surface area contributed by atoms with Gasteiger partial charge in [0.05, 0.1) is 18.5 Å². The van der Waals surface area contributed by atoms with Gasteiger partial charge >= 0.3 is 0 Å². The highest BCUT2D eigenvalue weighted by Gasteiger charge is 2.23. The smallest absolute Gasteiger partial charge is 0.163 e. The van der Waals surface area contributed by atoms with Crippen molar-refractivity contribution in [3.05, 3.63) is 48.0 Å². The number of nitrogens with zero attached hydrogens (tertiary/aromatic N) is 2. The summed E-state index contributed by atoms with van der Waals surface area (Å²) in [5, 5.41) is 8.58. The minimum Gasteiger partial charge on any atom is -0.497 e. The summed E-state index contributed by atoms with van der Waals surface area (Å²) >= 11 is 0. The largest absolute Gasteiger partial charge is 0.497 e. The predicted molar refractivity (Wildman–Crippen MR) is 108 cm³/mol. The topological polar surface area (TPSA) is 57.5 Å². The van der Waals surface area contributed by atoms with Crippen LogP contribution >= 0.6 is 0 Å². The molecule has 1 aromatic heterocycles. The van der Waals surface area contributed by atoms with Gasteiger partial charge in [-0.2, -0.15) is 5.10 Å². The molecule has 0 atom stereocenters. The summed E-state index contributed by atoms with van der Waals surface area (Å²) in [6.07, 6.45) is 3.31. The zero-order valence-corrected chi connectivity index (χ0v) is 15.9. The number of aromatic nitrogens is 2. The van der Waals surface area contributed by atoms with E-state index in [1.807, 2.05) is 35.0 Å². The Morgan fingerprint density at radius 2 is 1.82 bits per heavy atom. The lowest BCUT2D eigenvalue weighted by molar-refractivity contribution is 0.171. The maximum absolute atomic E-state index is 5.77. The Morgan fingerprint density at radius 1 is 1.00 bits per heavy atom. The molecule has 5 rings (SSSR count). The van der Waals surface area contributed by atoms with Crippen molar-refractivity contribution in [1.29, 1.82) is 0 Å². The van der Waals surface area contributed by atoms with Gasteiger partial charge in [0.15, 0.2) is 11.5 Å². The van der Waals surface area contributed by atoms with E-state index >= 15 is 0 Å². The van der Waals surface area contributed by atoms with Crippen LogP contribution in [0.1, 0.15) is 18.4 Å². The van der Waals surface area contributed by atoms with Crippen molar-refractivity contribution in [1.82, 2.24) is 9.78 Å². The average molecular weight is 377 g/mol. The number of methoxy groups -OCH3 is 1. The van der Waals surface area contributed by atoms with Crippen LogP contribution in [0.5, 0.6) is 17.2 Å².